The molecule has 0 unspecified atom stereocenters. The van der Waals surface area contributed by atoms with Crippen LogP contribution in [0.5, 0.6) is 0 Å². The number of aromatic nitrogens is 1. The number of rotatable bonds is 16. The summed E-state index contributed by atoms with van der Waals surface area (Å²) in [6.07, 6.45) is 2.68. The highest BCUT2D eigenvalue weighted by molar-refractivity contribution is 7.18. The predicted molar refractivity (Wildman–Crippen MR) is 151 cm³/mol. The number of hydrogen-bond donors (Lipinski definition) is 4. The van der Waals surface area contributed by atoms with Gasteiger partial charge in [0.1, 0.15) is 5.01 Å². The van der Waals surface area contributed by atoms with Crippen molar-refractivity contribution in [2.45, 2.75) is 44.2 Å². The summed E-state index contributed by atoms with van der Waals surface area (Å²) in [7, 11) is 2.13. The molecule has 37 heavy (non-hydrogen) atoms. The van der Waals surface area contributed by atoms with Crippen LogP contribution in [0.1, 0.15) is 29.8 Å². The van der Waals surface area contributed by atoms with Gasteiger partial charge in [0.25, 0.3) is 0 Å². The van der Waals surface area contributed by atoms with Crippen LogP contribution in [0.4, 0.5) is 0 Å². The Morgan fingerprint density at radius 2 is 1.65 bits per heavy atom. The molecule has 0 spiro atoms. The van der Waals surface area contributed by atoms with Gasteiger partial charge in [0.2, 0.25) is 5.91 Å². The molecule has 7 N–H and O–H groups in total. The number of ketones is 1. The maximum atomic E-state index is 13.3. The fourth-order valence-electron chi connectivity index (χ4n) is 4.60. The lowest BCUT2D eigenvalue weighted by Crippen LogP contribution is -2.52. The first-order chi connectivity index (χ1) is 17.8. The number of nitrogens with two attached hydrogens (primary N) is 3. The number of carbonyl (C=O) groups excluding carboxylic acids is 2. The van der Waals surface area contributed by atoms with Crippen LogP contribution < -0.4 is 22.5 Å². The first-order valence-corrected chi connectivity index (χ1v) is 13.9. The highest BCUT2D eigenvalue weighted by atomic mass is 32.1. The molecule has 1 aromatic heterocycles. The van der Waals surface area contributed by atoms with Crippen molar-refractivity contribution in [2.24, 2.45) is 17.2 Å². The van der Waals surface area contributed by atoms with Crippen LogP contribution in [0.2, 0.25) is 0 Å². The van der Waals surface area contributed by atoms with Crippen molar-refractivity contribution in [3.63, 3.8) is 0 Å². The van der Waals surface area contributed by atoms with Gasteiger partial charge in [-0.25, -0.2) is 4.98 Å². The number of likely N-dealkylation sites (N-methyl/N-ethyl adjacent to an activating group) is 1. The SMILES string of the molecule is C[N+](CCN)(CCN)CCC[C@H](N)C(=O)N[C@H](CCc1ccccc1)C(=O)Cc1nc2ccccc2s1. The van der Waals surface area contributed by atoms with Gasteiger partial charge in [-0.1, -0.05) is 42.5 Å². The van der Waals surface area contributed by atoms with Gasteiger partial charge in [0.15, 0.2) is 5.78 Å². The van der Waals surface area contributed by atoms with E-state index >= 15 is 0 Å². The summed E-state index contributed by atoms with van der Waals surface area (Å²) in [6, 6.07) is 16.5. The molecule has 1 heterocycles. The molecule has 3 aromatic rings. The van der Waals surface area contributed by atoms with Gasteiger partial charge in [0.05, 0.1) is 55.4 Å². The van der Waals surface area contributed by atoms with Crippen molar-refractivity contribution in [1.82, 2.24) is 10.3 Å². The quantitative estimate of drug-likeness (QED) is 0.211. The lowest BCUT2D eigenvalue weighted by molar-refractivity contribution is -0.907. The van der Waals surface area contributed by atoms with Gasteiger partial charge in [0, 0.05) is 13.1 Å². The van der Waals surface area contributed by atoms with E-state index in [2.05, 4.69) is 17.3 Å². The molecule has 2 atom stereocenters. The summed E-state index contributed by atoms with van der Waals surface area (Å²) < 4.78 is 1.81. The van der Waals surface area contributed by atoms with E-state index in [9.17, 15) is 9.59 Å². The number of Topliss-reactive ketones (excluding diaryl/α,β-unsaturated/α-hetero) is 1. The number of amides is 1. The molecule has 0 radical (unpaired) electrons. The second kappa shape index (κ2) is 14.3. The zero-order valence-corrected chi connectivity index (χ0v) is 22.6. The molecule has 0 saturated heterocycles. The molecule has 0 bridgehead atoms. The molecule has 0 aliphatic rings. The highest BCUT2D eigenvalue weighted by Crippen LogP contribution is 2.22. The third-order valence-corrected chi connectivity index (χ3v) is 7.86. The van der Waals surface area contributed by atoms with Crippen molar-refractivity contribution in [3.8, 4) is 0 Å². The Morgan fingerprint density at radius 3 is 2.32 bits per heavy atom. The topological polar surface area (TPSA) is 137 Å². The molecule has 8 nitrogen and oxygen atoms in total. The Balaban J connectivity index is 1.62. The van der Waals surface area contributed by atoms with Crippen LogP contribution in [0.15, 0.2) is 54.6 Å². The van der Waals surface area contributed by atoms with Gasteiger partial charge in [-0.2, -0.15) is 0 Å². The van der Waals surface area contributed by atoms with Crippen LogP contribution in [-0.2, 0) is 22.4 Å². The van der Waals surface area contributed by atoms with Gasteiger partial charge >= 0.3 is 0 Å². The normalized spacial score (nSPS) is 13.4. The molecule has 9 heteroatoms. The maximum Gasteiger partial charge on any atom is 0.237 e. The zero-order valence-electron chi connectivity index (χ0n) is 21.8. The van der Waals surface area contributed by atoms with E-state index in [1.54, 1.807) is 0 Å². The molecule has 0 aliphatic heterocycles. The molecule has 200 valence electrons. The first kappa shape index (κ1) is 28.9. The Labute approximate surface area is 223 Å². The van der Waals surface area contributed by atoms with E-state index in [1.807, 2.05) is 54.6 Å². The number of nitrogens with one attached hydrogen (secondary N) is 1. The Bertz CT molecular complexity index is 1100. The van der Waals surface area contributed by atoms with Crippen molar-refractivity contribution >= 4 is 33.2 Å². The molecule has 0 aliphatic carbocycles. The maximum absolute atomic E-state index is 13.3. The van der Waals surface area contributed by atoms with Crippen molar-refractivity contribution in [2.75, 3.05) is 39.8 Å². The van der Waals surface area contributed by atoms with Crippen molar-refractivity contribution in [1.29, 1.82) is 0 Å². The molecule has 2 aromatic carbocycles. The fourth-order valence-corrected chi connectivity index (χ4v) is 5.58. The van der Waals surface area contributed by atoms with E-state index < -0.39 is 12.1 Å². The summed E-state index contributed by atoms with van der Waals surface area (Å²) >= 11 is 1.52. The van der Waals surface area contributed by atoms with Gasteiger partial charge < -0.3 is 27.0 Å². The average Bonchev–Trinajstić information content (AvgIpc) is 3.29. The molecule has 0 fully saturated rings. The van der Waals surface area contributed by atoms with E-state index in [-0.39, 0.29) is 18.1 Å². The molecular weight excluding hydrogens is 484 g/mol. The number of thiazole rings is 1. The summed E-state index contributed by atoms with van der Waals surface area (Å²) in [5.41, 5.74) is 19.8. The number of fused-ring (bicyclic) bond motifs is 1. The summed E-state index contributed by atoms with van der Waals surface area (Å²) in [6.45, 7) is 3.69. The van der Waals surface area contributed by atoms with Gasteiger partial charge in [-0.05, 0) is 43.4 Å². The number of hydrogen-bond acceptors (Lipinski definition) is 7. The van der Waals surface area contributed by atoms with Crippen LogP contribution in [0.3, 0.4) is 0 Å². The van der Waals surface area contributed by atoms with Gasteiger partial charge in [-0.3, -0.25) is 9.59 Å². The number of quaternary nitrogens is 1. The highest BCUT2D eigenvalue weighted by Gasteiger charge is 2.26. The minimum absolute atomic E-state index is 0.0503. The Hall–Kier alpha value is -2.69. The Morgan fingerprint density at radius 1 is 0.973 bits per heavy atom. The lowest BCUT2D eigenvalue weighted by Gasteiger charge is -2.34. The lowest BCUT2D eigenvalue weighted by atomic mass is 9.99. The second-order valence-corrected chi connectivity index (χ2v) is 11.0. The van der Waals surface area contributed by atoms with E-state index in [0.29, 0.717) is 32.4 Å². The molecule has 3 rings (SSSR count). The smallest absolute Gasteiger partial charge is 0.237 e. The molecule has 0 saturated carbocycles. The molecule has 1 amide bonds. The summed E-state index contributed by atoms with van der Waals surface area (Å²) in [5.74, 6) is -0.340. The molecular formula is C28H41N6O2S+. The second-order valence-electron chi connectivity index (χ2n) is 9.92. The minimum Gasteiger partial charge on any atom is -0.345 e. The van der Waals surface area contributed by atoms with Crippen molar-refractivity contribution in [3.05, 3.63) is 65.2 Å². The number of nitrogens with zero attached hydrogens (tertiary/aromatic N) is 2. The largest absolute Gasteiger partial charge is 0.345 e. The van der Waals surface area contributed by atoms with Gasteiger partial charge in [-0.15, -0.1) is 11.3 Å². The number of carbonyl (C=O) groups is 2. The monoisotopic (exact) mass is 525 g/mol. The fraction of sp³-hybridized carbons (Fsp3) is 0.464. The summed E-state index contributed by atoms with van der Waals surface area (Å²) in [4.78, 5) is 31.0. The third kappa shape index (κ3) is 8.98. The minimum atomic E-state index is -0.682. The Kier molecular flexibility index (Phi) is 11.2. The van der Waals surface area contributed by atoms with E-state index in [4.69, 9.17) is 17.2 Å². The van der Waals surface area contributed by atoms with E-state index in [0.717, 1.165) is 51.3 Å². The number of para-hydroxylation sites is 1. The zero-order chi connectivity index (χ0) is 26.7. The van der Waals surface area contributed by atoms with Crippen LogP contribution in [0, 0.1) is 0 Å². The predicted octanol–water partition coefficient (Wildman–Crippen LogP) is 2.00. The van der Waals surface area contributed by atoms with Crippen LogP contribution in [0.25, 0.3) is 10.2 Å². The summed E-state index contributed by atoms with van der Waals surface area (Å²) in [5, 5.41) is 3.71. The van der Waals surface area contributed by atoms with Crippen molar-refractivity contribution < 1.29 is 14.1 Å². The number of aryl methyl sites for hydroxylation is 1. The van der Waals surface area contributed by atoms with Crippen LogP contribution >= 0.6 is 11.3 Å². The van der Waals surface area contributed by atoms with E-state index in [1.165, 1.54) is 11.3 Å². The number of benzene rings is 2. The third-order valence-electron chi connectivity index (χ3n) is 6.82. The van der Waals surface area contributed by atoms with Crippen LogP contribution in [-0.4, -0.2) is 73.0 Å². The average molecular weight is 526 g/mol. The standard InChI is InChI=1S/C28H40N6O2S/c1-34(18-15-29,19-16-30)17-7-10-22(31)28(36)33-23(14-13-21-8-3-2-4-9-21)25(35)20-27-32-24-11-5-6-12-26(24)37-27/h2-6,8-9,11-12,22-23H,7,10,13-20,29-31H2,1H3/p+1/t22-,23+/m0/s1. The first-order valence-electron chi connectivity index (χ1n) is 13.0.